The molecule has 1 saturated heterocycles. The van der Waals surface area contributed by atoms with Gasteiger partial charge in [0.15, 0.2) is 5.78 Å². The summed E-state index contributed by atoms with van der Waals surface area (Å²) < 4.78 is 1.62. The van der Waals surface area contributed by atoms with Gasteiger partial charge in [0, 0.05) is 25.7 Å². The van der Waals surface area contributed by atoms with E-state index in [-0.39, 0.29) is 17.7 Å². The Morgan fingerprint density at radius 3 is 2.71 bits per heavy atom. The molecule has 0 unspecified atom stereocenters. The molecule has 2 aromatic rings. The summed E-state index contributed by atoms with van der Waals surface area (Å²) in [7, 11) is 1.79. The summed E-state index contributed by atoms with van der Waals surface area (Å²) >= 11 is 0. The Kier molecular flexibility index (Phi) is 4.76. The van der Waals surface area contributed by atoms with Crippen LogP contribution in [0.4, 0.5) is 0 Å². The molecule has 1 aliphatic rings. The number of nitrogens with two attached hydrogens (primary N) is 1. The number of benzene rings is 1. The molecule has 3 rings (SSSR count). The maximum atomic E-state index is 12.5. The first-order chi connectivity index (χ1) is 11.6. The number of aryl methyl sites for hydroxylation is 1. The first kappa shape index (κ1) is 16.4. The van der Waals surface area contributed by atoms with E-state index in [9.17, 15) is 9.59 Å². The standard InChI is InChI=1S/C18H22N4O2/c1-21-12-14(11-20-21)16(23)10-15-8-5-9-22(15)17(18(19)24)13-6-3-2-4-7-13/h2-4,6-7,11-12,15,17H,5,8-10H2,1H3,(H2,19,24)/t15-,17+/m1/s1. The Bertz CT molecular complexity index is 726. The molecular formula is C18H22N4O2. The summed E-state index contributed by atoms with van der Waals surface area (Å²) in [5, 5.41) is 4.05. The van der Waals surface area contributed by atoms with Crippen molar-refractivity contribution in [3.8, 4) is 0 Å². The number of ketones is 1. The van der Waals surface area contributed by atoms with Crippen LogP contribution in [-0.4, -0.2) is 39.0 Å². The van der Waals surface area contributed by atoms with Crippen LogP contribution in [0.25, 0.3) is 0 Å². The van der Waals surface area contributed by atoms with Crippen molar-refractivity contribution in [3.05, 3.63) is 53.9 Å². The van der Waals surface area contributed by atoms with E-state index < -0.39 is 6.04 Å². The third-order valence-corrected chi connectivity index (χ3v) is 4.59. The van der Waals surface area contributed by atoms with Gasteiger partial charge in [-0.2, -0.15) is 5.10 Å². The number of hydrogen-bond donors (Lipinski definition) is 1. The zero-order valence-corrected chi connectivity index (χ0v) is 13.8. The lowest BCUT2D eigenvalue weighted by Crippen LogP contribution is -2.41. The quantitative estimate of drug-likeness (QED) is 0.819. The number of amides is 1. The van der Waals surface area contributed by atoms with Gasteiger partial charge in [-0.05, 0) is 24.9 Å². The molecule has 1 fully saturated rings. The van der Waals surface area contributed by atoms with Crippen molar-refractivity contribution in [2.24, 2.45) is 12.8 Å². The highest BCUT2D eigenvalue weighted by atomic mass is 16.1. The van der Waals surface area contributed by atoms with Gasteiger partial charge in [0.2, 0.25) is 5.91 Å². The predicted molar refractivity (Wildman–Crippen MR) is 90.3 cm³/mol. The number of hydrogen-bond acceptors (Lipinski definition) is 4. The summed E-state index contributed by atoms with van der Waals surface area (Å²) in [5.74, 6) is -0.321. The third-order valence-electron chi connectivity index (χ3n) is 4.59. The second kappa shape index (κ2) is 6.97. The van der Waals surface area contributed by atoms with E-state index in [2.05, 4.69) is 10.00 Å². The van der Waals surface area contributed by atoms with Crippen LogP contribution in [0.1, 0.15) is 41.2 Å². The Hall–Kier alpha value is -2.47. The molecule has 6 heteroatoms. The minimum absolute atomic E-state index is 0.0235. The minimum Gasteiger partial charge on any atom is -0.368 e. The molecule has 0 saturated carbocycles. The fourth-order valence-electron chi connectivity index (χ4n) is 3.47. The molecular weight excluding hydrogens is 304 g/mol. The van der Waals surface area contributed by atoms with E-state index in [4.69, 9.17) is 5.73 Å². The average Bonchev–Trinajstić information content (AvgIpc) is 3.18. The molecule has 6 nitrogen and oxygen atoms in total. The Morgan fingerprint density at radius 1 is 1.33 bits per heavy atom. The molecule has 2 atom stereocenters. The van der Waals surface area contributed by atoms with Gasteiger partial charge in [-0.1, -0.05) is 30.3 Å². The van der Waals surface area contributed by atoms with E-state index in [1.165, 1.54) is 0 Å². The summed E-state index contributed by atoms with van der Waals surface area (Å²) in [6, 6.07) is 9.07. The molecule has 0 radical (unpaired) electrons. The number of carbonyl (C=O) groups is 2. The van der Waals surface area contributed by atoms with Crippen molar-refractivity contribution in [2.45, 2.75) is 31.3 Å². The Labute approximate surface area is 141 Å². The zero-order chi connectivity index (χ0) is 17.1. The predicted octanol–water partition coefficient (Wildman–Crippen LogP) is 1.68. The third kappa shape index (κ3) is 3.38. The van der Waals surface area contributed by atoms with Crippen molar-refractivity contribution in [2.75, 3.05) is 6.54 Å². The number of carbonyl (C=O) groups excluding carboxylic acids is 2. The number of aromatic nitrogens is 2. The lowest BCUT2D eigenvalue weighted by molar-refractivity contribution is -0.123. The topological polar surface area (TPSA) is 81.2 Å². The number of likely N-dealkylation sites (tertiary alicyclic amines) is 1. The monoisotopic (exact) mass is 326 g/mol. The van der Waals surface area contributed by atoms with Crippen LogP contribution < -0.4 is 5.73 Å². The van der Waals surface area contributed by atoms with E-state index in [0.29, 0.717) is 12.0 Å². The highest BCUT2D eigenvalue weighted by Crippen LogP contribution is 2.31. The van der Waals surface area contributed by atoms with Crippen molar-refractivity contribution in [1.82, 2.24) is 14.7 Å². The van der Waals surface area contributed by atoms with Gasteiger partial charge in [-0.15, -0.1) is 0 Å². The van der Waals surface area contributed by atoms with Crippen LogP contribution >= 0.6 is 0 Å². The minimum atomic E-state index is -0.486. The van der Waals surface area contributed by atoms with Crippen molar-refractivity contribution in [1.29, 1.82) is 0 Å². The average molecular weight is 326 g/mol. The van der Waals surface area contributed by atoms with Crippen LogP contribution in [0.15, 0.2) is 42.7 Å². The van der Waals surface area contributed by atoms with E-state index >= 15 is 0 Å². The maximum absolute atomic E-state index is 12.5. The fraction of sp³-hybridized carbons (Fsp3) is 0.389. The molecule has 24 heavy (non-hydrogen) atoms. The first-order valence-electron chi connectivity index (χ1n) is 8.18. The Morgan fingerprint density at radius 2 is 2.08 bits per heavy atom. The van der Waals surface area contributed by atoms with E-state index in [1.807, 2.05) is 30.3 Å². The summed E-state index contributed by atoms with van der Waals surface area (Å²) in [6.45, 7) is 0.771. The number of primary amides is 1. The van der Waals surface area contributed by atoms with Gasteiger partial charge in [0.05, 0.1) is 11.8 Å². The smallest absolute Gasteiger partial charge is 0.239 e. The first-order valence-corrected chi connectivity index (χ1v) is 8.18. The van der Waals surface area contributed by atoms with Crippen LogP contribution in [0.5, 0.6) is 0 Å². The normalized spacial score (nSPS) is 19.3. The molecule has 0 aliphatic carbocycles. The van der Waals surface area contributed by atoms with Crippen molar-refractivity contribution < 1.29 is 9.59 Å². The SMILES string of the molecule is Cn1cc(C(=O)C[C@H]2CCCN2[C@H](C(N)=O)c2ccccc2)cn1. The van der Waals surface area contributed by atoms with Gasteiger partial charge < -0.3 is 5.73 Å². The van der Waals surface area contributed by atoms with E-state index in [0.717, 1.165) is 24.9 Å². The summed E-state index contributed by atoms with van der Waals surface area (Å²) in [4.78, 5) is 26.6. The molecule has 0 spiro atoms. The van der Waals surface area contributed by atoms with Gasteiger partial charge in [-0.3, -0.25) is 19.2 Å². The second-order valence-electron chi connectivity index (χ2n) is 6.28. The maximum Gasteiger partial charge on any atom is 0.239 e. The highest BCUT2D eigenvalue weighted by molar-refractivity contribution is 5.96. The summed E-state index contributed by atoms with van der Waals surface area (Å²) in [6.07, 6.45) is 5.54. The number of Topliss-reactive ketones (excluding diaryl/α,β-unsaturated/α-hetero) is 1. The molecule has 1 aromatic heterocycles. The van der Waals surface area contributed by atoms with E-state index in [1.54, 1.807) is 24.1 Å². The zero-order valence-electron chi connectivity index (χ0n) is 13.8. The van der Waals surface area contributed by atoms with Gasteiger partial charge in [0.25, 0.3) is 0 Å². The van der Waals surface area contributed by atoms with Gasteiger partial charge in [0.1, 0.15) is 6.04 Å². The molecule has 126 valence electrons. The van der Waals surface area contributed by atoms with Crippen LogP contribution in [0.2, 0.25) is 0 Å². The molecule has 2 N–H and O–H groups in total. The van der Waals surface area contributed by atoms with Crippen LogP contribution in [-0.2, 0) is 11.8 Å². The molecule has 1 aliphatic heterocycles. The number of rotatable bonds is 6. The van der Waals surface area contributed by atoms with Crippen molar-refractivity contribution in [3.63, 3.8) is 0 Å². The lowest BCUT2D eigenvalue weighted by Gasteiger charge is -2.31. The van der Waals surface area contributed by atoms with Crippen LogP contribution in [0.3, 0.4) is 0 Å². The largest absolute Gasteiger partial charge is 0.368 e. The molecule has 2 heterocycles. The Balaban J connectivity index is 1.78. The van der Waals surface area contributed by atoms with Crippen molar-refractivity contribution >= 4 is 11.7 Å². The molecule has 1 aromatic carbocycles. The van der Waals surface area contributed by atoms with Gasteiger partial charge >= 0.3 is 0 Å². The summed E-state index contributed by atoms with van der Waals surface area (Å²) in [5.41, 5.74) is 7.17. The molecule has 1 amide bonds. The second-order valence-corrected chi connectivity index (χ2v) is 6.28. The fourth-order valence-corrected chi connectivity index (χ4v) is 3.47. The number of nitrogens with zero attached hydrogens (tertiary/aromatic N) is 3. The highest BCUT2D eigenvalue weighted by Gasteiger charge is 2.35. The lowest BCUT2D eigenvalue weighted by atomic mass is 10.00. The van der Waals surface area contributed by atoms with Gasteiger partial charge in [-0.25, -0.2) is 0 Å². The molecule has 0 bridgehead atoms. The van der Waals surface area contributed by atoms with Crippen LogP contribution in [0, 0.1) is 0 Å².